The number of carbonyl (C=O) groups is 1. The van der Waals surface area contributed by atoms with Gasteiger partial charge in [0.2, 0.25) is 0 Å². The van der Waals surface area contributed by atoms with Crippen molar-refractivity contribution in [1.29, 1.82) is 0 Å². The van der Waals surface area contributed by atoms with Crippen LogP contribution in [0.4, 0.5) is 0 Å². The molecule has 0 N–H and O–H groups in total. The van der Waals surface area contributed by atoms with Crippen LogP contribution < -0.4 is 0 Å². The van der Waals surface area contributed by atoms with Gasteiger partial charge in [-0.2, -0.15) is 0 Å². The molecule has 0 aliphatic carbocycles. The van der Waals surface area contributed by atoms with Crippen LogP contribution >= 0.6 is 0 Å². The lowest BCUT2D eigenvalue weighted by molar-refractivity contribution is 0.0435. The predicted octanol–water partition coefficient (Wildman–Crippen LogP) is 4.33. The van der Waals surface area contributed by atoms with Crippen LogP contribution in [-0.2, 0) is 0 Å². The van der Waals surface area contributed by atoms with Crippen molar-refractivity contribution in [2.45, 2.75) is 12.0 Å². The first-order chi connectivity index (χ1) is 13.8. The van der Waals surface area contributed by atoms with Gasteiger partial charge in [0.25, 0.3) is 5.91 Å². The maximum atomic E-state index is 13.0. The first kappa shape index (κ1) is 17.2. The highest BCUT2D eigenvalue weighted by Gasteiger charge is 2.38. The number of piperazine rings is 1. The third kappa shape index (κ3) is 3.02. The van der Waals surface area contributed by atoms with Gasteiger partial charge in [-0.15, -0.1) is 0 Å². The van der Waals surface area contributed by atoms with Crippen LogP contribution in [0.3, 0.4) is 0 Å². The van der Waals surface area contributed by atoms with Crippen molar-refractivity contribution in [3.8, 4) is 0 Å². The molecule has 1 fully saturated rings. The molecule has 0 spiro atoms. The maximum Gasteiger partial charge on any atom is 0.253 e. The summed E-state index contributed by atoms with van der Waals surface area (Å²) in [5.41, 5.74) is 4.93. The molecule has 2 aliphatic rings. The SMILES string of the molecule is O=C(c1ccccc1)N1CCN2C[C@@H](c3ccccc3)c3ccccc3[C@H]2C1. The summed E-state index contributed by atoms with van der Waals surface area (Å²) in [4.78, 5) is 17.6. The van der Waals surface area contributed by atoms with Crippen LogP contribution in [0.15, 0.2) is 84.9 Å². The molecule has 3 nitrogen and oxygen atoms in total. The highest BCUT2D eigenvalue weighted by molar-refractivity contribution is 5.94. The second-order valence-electron chi connectivity index (χ2n) is 7.72. The normalized spacial score (nSPS) is 21.6. The van der Waals surface area contributed by atoms with Gasteiger partial charge in [0.05, 0.1) is 6.04 Å². The maximum absolute atomic E-state index is 13.0. The Bertz CT molecular complexity index is 970. The minimum absolute atomic E-state index is 0.142. The second kappa shape index (κ2) is 7.25. The molecular weight excluding hydrogens is 344 g/mol. The number of fused-ring (bicyclic) bond motifs is 3. The Labute approximate surface area is 166 Å². The first-order valence-corrected chi connectivity index (χ1v) is 10.0. The van der Waals surface area contributed by atoms with Gasteiger partial charge in [-0.3, -0.25) is 9.69 Å². The van der Waals surface area contributed by atoms with E-state index in [9.17, 15) is 4.79 Å². The summed E-state index contributed by atoms with van der Waals surface area (Å²) in [7, 11) is 0. The fraction of sp³-hybridized carbons (Fsp3) is 0.240. The molecule has 0 unspecified atom stereocenters. The van der Waals surface area contributed by atoms with E-state index < -0.39 is 0 Å². The predicted molar refractivity (Wildman–Crippen MR) is 111 cm³/mol. The zero-order chi connectivity index (χ0) is 18.9. The van der Waals surface area contributed by atoms with Gasteiger partial charge in [-0.25, -0.2) is 0 Å². The largest absolute Gasteiger partial charge is 0.335 e. The number of amides is 1. The van der Waals surface area contributed by atoms with E-state index in [1.165, 1.54) is 16.7 Å². The Morgan fingerprint density at radius 2 is 1.36 bits per heavy atom. The average molecular weight is 368 g/mol. The molecule has 0 radical (unpaired) electrons. The molecule has 0 aromatic heterocycles. The molecule has 5 rings (SSSR count). The molecule has 28 heavy (non-hydrogen) atoms. The van der Waals surface area contributed by atoms with E-state index >= 15 is 0 Å². The minimum Gasteiger partial charge on any atom is -0.335 e. The van der Waals surface area contributed by atoms with Crippen LogP contribution in [0.2, 0.25) is 0 Å². The smallest absolute Gasteiger partial charge is 0.253 e. The van der Waals surface area contributed by atoms with Gasteiger partial charge in [0, 0.05) is 37.7 Å². The monoisotopic (exact) mass is 368 g/mol. The van der Waals surface area contributed by atoms with E-state index in [4.69, 9.17) is 0 Å². The van der Waals surface area contributed by atoms with E-state index in [2.05, 4.69) is 59.5 Å². The zero-order valence-corrected chi connectivity index (χ0v) is 15.9. The standard InChI is InChI=1S/C25H24N2O/c28-25(20-11-5-2-6-12-20)27-16-15-26-17-23(19-9-3-1-4-10-19)21-13-7-8-14-22(21)24(26)18-27/h1-14,23-24H,15-18H2/t23-,24+/m0/s1. The van der Waals surface area contributed by atoms with Gasteiger partial charge in [0.15, 0.2) is 0 Å². The first-order valence-electron chi connectivity index (χ1n) is 10.0. The Morgan fingerprint density at radius 3 is 2.11 bits per heavy atom. The van der Waals surface area contributed by atoms with E-state index in [1.807, 2.05) is 35.2 Å². The quantitative estimate of drug-likeness (QED) is 0.672. The van der Waals surface area contributed by atoms with E-state index in [0.29, 0.717) is 5.92 Å². The fourth-order valence-corrected chi connectivity index (χ4v) is 4.72. The average Bonchev–Trinajstić information content (AvgIpc) is 2.79. The molecule has 3 aromatic rings. The van der Waals surface area contributed by atoms with Crippen molar-refractivity contribution in [2.75, 3.05) is 26.2 Å². The van der Waals surface area contributed by atoms with Crippen molar-refractivity contribution < 1.29 is 4.79 Å². The summed E-state index contributed by atoms with van der Waals surface area (Å²) in [6.07, 6.45) is 0. The number of rotatable bonds is 2. The lowest BCUT2D eigenvalue weighted by Crippen LogP contribution is -2.53. The van der Waals surface area contributed by atoms with Crippen molar-refractivity contribution in [1.82, 2.24) is 9.80 Å². The molecule has 2 heterocycles. The number of hydrogen-bond donors (Lipinski definition) is 0. The Kier molecular flexibility index (Phi) is 4.46. The van der Waals surface area contributed by atoms with Crippen LogP contribution in [0.1, 0.15) is 39.0 Å². The third-order valence-corrected chi connectivity index (χ3v) is 6.15. The Morgan fingerprint density at radius 1 is 0.714 bits per heavy atom. The fourth-order valence-electron chi connectivity index (χ4n) is 4.72. The molecule has 0 saturated carbocycles. The van der Waals surface area contributed by atoms with E-state index in [0.717, 1.165) is 31.7 Å². The van der Waals surface area contributed by atoms with Crippen LogP contribution in [-0.4, -0.2) is 41.9 Å². The van der Waals surface area contributed by atoms with Crippen LogP contribution in [0.25, 0.3) is 0 Å². The van der Waals surface area contributed by atoms with Crippen molar-refractivity contribution in [2.24, 2.45) is 0 Å². The molecule has 2 atom stereocenters. The summed E-state index contributed by atoms with van der Waals surface area (Å²) in [6.45, 7) is 3.47. The number of nitrogens with zero attached hydrogens (tertiary/aromatic N) is 2. The molecule has 3 aromatic carbocycles. The third-order valence-electron chi connectivity index (χ3n) is 6.15. The lowest BCUT2D eigenvalue weighted by Gasteiger charge is -2.47. The van der Waals surface area contributed by atoms with Crippen molar-refractivity contribution in [3.05, 3.63) is 107 Å². The van der Waals surface area contributed by atoms with Gasteiger partial charge in [-0.1, -0.05) is 72.8 Å². The van der Waals surface area contributed by atoms with Gasteiger partial charge in [0.1, 0.15) is 0 Å². The highest BCUT2D eigenvalue weighted by Crippen LogP contribution is 2.40. The van der Waals surface area contributed by atoms with Crippen LogP contribution in [0, 0.1) is 0 Å². The van der Waals surface area contributed by atoms with Gasteiger partial charge >= 0.3 is 0 Å². The number of carbonyl (C=O) groups excluding carboxylic acids is 1. The molecule has 0 bridgehead atoms. The minimum atomic E-state index is 0.142. The molecule has 2 aliphatic heterocycles. The van der Waals surface area contributed by atoms with E-state index in [1.54, 1.807) is 0 Å². The van der Waals surface area contributed by atoms with Crippen molar-refractivity contribution >= 4 is 5.91 Å². The lowest BCUT2D eigenvalue weighted by atomic mass is 9.80. The molecular formula is C25H24N2O. The van der Waals surface area contributed by atoms with Crippen LogP contribution in [0.5, 0.6) is 0 Å². The van der Waals surface area contributed by atoms with Gasteiger partial charge in [-0.05, 0) is 28.8 Å². The second-order valence-corrected chi connectivity index (χ2v) is 7.72. The summed E-state index contributed by atoms with van der Waals surface area (Å²) in [5, 5.41) is 0. The topological polar surface area (TPSA) is 23.6 Å². The summed E-state index contributed by atoms with van der Waals surface area (Å²) < 4.78 is 0. The number of benzene rings is 3. The molecule has 1 saturated heterocycles. The Balaban J connectivity index is 1.46. The van der Waals surface area contributed by atoms with E-state index in [-0.39, 0.29) is 11.9 Å². The molecule has 3 heteroatoms. The summed E-state index contributed by atoms with van der Waals surface area (Å²) in [5.74, 6) is 0.535. The Hall–Kier alpha value is -2.91. The zero-order valence-electron chi connectivity index (χ0n) is 15.9. The van der Waals surface area contributed by atoms with Gasteiger partial charge < -0.3 is 4.90 Å². The number of hydrogen-bond acceptors (Lipinski definition) is 2. The molecule has 140 valence electrons. The summed E-state index contributed by atoms with van der Waals surface area (Å²) >= 11 is 0. The highest BCUT2D eigenvalue weighted by atomic mass is 16.2. The summed E-state index contributed by atoms with van der Waals surface area (Å²) in [6, 6.07) is 29.5. The van der Waals surface area contributed by atoms with Crippen molar-refractivity contribution in [3.63, 3.8) is 0 Å². The molecule has 1 amide bonds.